The SMILES string of the molecule is C=CC(=NC)n1ncc(C(=O)OCC)c1CO.CC. The van der Waals surface area contributed by atoms with E-state index in [4.69, 9.17) is 4.74 Å². The van der Waals surface area contributed by atoms with Gasteiger partial charge in [0.2, 0.25) is 0 Å². The molecule has 0 aliphatic rings. The summed E-state index contributed by atoms with van der Waals surface area (Å²) in [5, 5.41) is 13.3. The second-order valence-electron chi connectivity index (χ2n) is 3.08. The third-order valence-corrected chi connectivity index (χ3v) is 2.14. The molecule has 1 rings (SSSR count). The molecular formula is C13H21N3O3. The van der Waals surface area contributed by atoms with Gasteiger partial charge in [0.05, 0.1) is 25.1 Å². The van der Waals surface area contributed by atoms with Crippen LogP contribution in [0.25, 0.3) is 0 Å². The summed E-state index contributed by atoms with van der Waals surface area (Å²) in [7, 11) is 1.57. The third-order valence-electron chi connectivity index (χ3n) is 2.14. The summed E-state index contributed by atoms with van der Waals surface area (Å²) in [5.41, 5.74) is 0.571. The van der Waals surface area contributed by atoms with Gasteiger partial charge in [-0.15, -0.1) is 0 Å². The van der Waals surface area contributed by atoms with Crippen molar-refractivity contribution in [2.24, 2.45) is 4.99 Å². The van der Waals surface area contributed by atoms with Crippen molar-refractivity contribution in [2.75, 3.05) is 13.7 Å². The maximum absolute atomic E-state index is 11.6. The van der Waals surface area contributed by atoms with Crippen molar-refractivity contribution in [1.82, 2.24) is 9.78 Å². The van der Waals surface area contributed by atoms with Crippen LogP contribution in [0.15, 0.2) is 23.8 Å². The average Bonchev–Trinajstić information content (AvgIpc) is 2.86. The predicted molar refractivity (Wildman–Crippen MR) is 74.4 cm³/mol. The first-order valence-corrected chi connectivity index (χ1v) is 6.14. The van der Waals surface area contributed by atoms with Gasteiger partial charge in [0.15, 0.2) is 0 Å². The highest BCUT2D eigenvalue weighted by Gasteiger charge is 2.19. The Morgan fingerprint density at radius 2 is 2.26 bits per heavy atom. The molecule has 0 radical (unpaired) electrons. The Bertz CT molecular complexity index is 450. The molecule has 6 nitrogen and oxygen atoms in total. The Kier molecular flexibility index (Phi) is 8.12. The van der Waals surface area contributed by atoms with Crippen LogP contribution in [0.2, 0.25) is 0 Å². The highest BCUT2D eigenvalue weighted by molar-refractivity contribution is 5.97. The van der Waals surface area contributed by atoms with Crippen molar-refractivity contribution >= 4 is 11.8 Å². The molecular weight excluding hydrogens is 246 g/mol. The van der Waals surface area contributed by atoms with E-state index in [0.717, 1.165) is 0 Å². The van der Waals surface area contributed by atoms with Crippen LogP contribution in [-0.4, -0.2) is 40.3 Å². The van der Waals surface area contributed by atoms with E-state index in [0.29, 0.717) is 11.5 Å². The Labute approximate surface area is 113 Å². The van der Waals surface area contributed by atoms with Crippen molar-refractivity contribution in [3.8, 4) is 0 Å². The second-order valence-corrected chi connectivity index (χ2v) is 3.08. The first kappa shape index (κ1) is 17.1. The van der Waals surface area contributed by atoms with E-state index < -0.39 is 5.97 Å². The molecule has 0 bridgehead atoms. The molecule has 0 aliphatic carbocycles. The molecule has 1 heterocycles. The zero-order valence-corrected chi connectivity index (χ0v) is 11.9. The summed E-state index contributed by atoms with van der Waals surface area (Å²) in [6.45, 7) is 9.23. The molecule has 0 aliphatic heterocycles. The van der Waals surface area contributed by atoms with Crippen LogP contribution >= 0.6 is 0 Å². The van der Waals surface area contributed by atoms with Gasteiger partial charge < -0.3 is 9.84 Å². The Morgan fingerprint density at radius 1 is 1.63 bits per heavy atom. The molecule has 1 aromatic rings. The quantitative estimate of drug-likeness (QED) is 0.511. The second kappa shape index (κ2) is 9.04. The number of esters is 1. The van der Waals surface area contributed by atoms with E-state index in [9.17, 15) is 9.90 Å². The molecule has 1 aromatic heterocycles. The van der Waals surface area contributed by atoms with E-state index >= 15 is 0 Å². The van der Waals surface area contributed by atoms with Crippen molar-refractivity contribution in [1.29, 1.82) is 0 Å². The lowest BCUT2D eigenvalue weighted by atomic mass is 10.2. The largest absolute Gasteiger partial charge is 0.462 e. The summed E-state index contributed by atoms with van der Waals surface area (Å²) >= 11 is 0. The monoisotopic (exact) mass is 267 g/mol. The van der Waals surface area contributed by atoms with Crippen LogP contribution in [0.5, 0.6) is 0 Å². The smallest absolute Gasteiger partial charge is 0.341 e. The van der Waals surface area contributed by atoms with Gasteiger partial charge in [-0.05, 0) is 13.0 Å². The molecule has 0 amide bonds. The number of hydrogen-bond donors (Lipinski definition) is 1. The molecule has 0 atom stereocenters. The summed E-state index contributed by atoms with van der Waals surface area (Å²) in [5.74, 6) is -0.0630. The van der Waals surface area contributed by atoms with Crippen LogP contribution in [-0.2, 0) is 11.3 Å². The topological polar surface area (TPSA) is 76.7 Å². The molecule has 0 aromatic carbocycles. The number of aliphatic hydroxyl groups is 1. The summed E-state index contributed by atoms with van der Waals surface area (Å²) in [6, 6.07) is 0. The number of rotatable bonds is 4. The number of aliphatic imine (C=N–C) groups is 1. The summed E-state index contributed by atoms with van der Waals surface area (Å²) in [4.78, 5) is 15.5. The Hall–Kier alpha value is -1.95. The number of nitrogens with zero attached hydrogens (tertiary/aromatic N) is 3. The fourth-order valence-corrected chi connectivity index (χ4v) is 1.38. The van der Waals surface area contributed by atoms with Crippen LogP contribution < -0.4 is 0 Å². The van der Waals surface area contributed by atoms with Crippen LogP contribution in [0.1, 0.15) is 36.8 Å². The van der Waals surface area contributed by atoms with E-state index in [-0.39, 0.29) is 18.8 Å². The fraction of sp³-hybridized carbons (Fsp3) is 0.462. The lowest BCUT2D eigenvalue weighted by molar-refractivity contribution is 0.0522. The molecule has 0 fully saturated rings. The van der Waals surface area contributed by atoms with Crippen LogP contribution in [0, 0.1) is 0 Å². The maximum atomic E-state index is 11.6. The maximum Gasteiger partial charge on any atom is 0.341 e. The van der Waals surface area contributed by atoms with Gasteiger partial charge in [-0.1, -0.05) is 20.4 Å². The number of ether oxygens (including phenoxy) is 1. The normalized spacial score (nSPS) is 10.5. The first-order valence-electron chi connectivity index (χ1n) is 6.14. The van der Waals surface area contributed by atoms with Crippen molar-refractivity contribution in [2.45, 2.75) is 27.4 Å². The van der Waals surface area contributed by atoms with E-state index in [2.05, 4.69) is 16.7 Å². The molecule has 19 heavy (non-hydrogen) atoms. The summed E-state index contributed by atoms with van der Waals surface area (Å²) in [6.07, 6.45) is 2.83. The Morgan fingerprint density at radius 3 is 2.68 bits per heavy atom. The number of carbonyl (C=O) groups is 1. The minimum atomic E-state index is -0.512. The lowest BCUT2D eigenvalue weighted by Gasteiger charge is -2.06. The van der Waals surface area contributed by atoms with E-state index in [1.165, 1.54) is 17.0 Å². The molecule has 0 spiro atoms. The number of allylic oxidation sites excluding steroid dienone is 1. The van der Waals surface area contributed by atoms with Gasteiger partial charge >= 0.3 is 5.97 Å². The van der Waals surface area contributed by atoms with Gasteiger partial charge in [0.1, 0.15) is 11.4 Å². The minimum Gasteiger partial charge on any atom is -0.462 e. The van der Waals surface area contributed by atoms with Crippen molar-refractivity contribution in [3.05, 3.63) is 30.1 Å². The average molecular weight is 267 g/mol. The van der Waals surface area contributed by atoms with Gasteiger partial charge in [-0.25, -0.2) is 9.48 Å². The molecule has 1 N–H and O–H groups in total. The zero-order valence-electron chi connectivity index (χ0n) is 11.9. The van der Waals surface area contributed by atoms with Crippen LogP contribution in [0.4, 0.5) is 0 Å². The lowest BCUT2D eigenvalue weighted by Crippen LogP contribution is -2.16. The van der Waals surface area contributed by atoms with Crippen LogP contribution in [0.3, 0.4) is 0 Å². The van der Waals surface area contributed by atoms with Gasteiger partial charge in [-0.2, -0.15) is 5.10 Å². The molecule has 6 heteroatoms. The number of aliphatic hydroxyl groups excluding tert-OH is 1. The minimum absolute atomic E-state index is 0.234. The number of carbonyl (C=O) groups excluding carboxylic acids is 1. The number of hydrogen-bond acceptors (Lipinski definition) is 5. The standard InChI is InChI=1S/C11H15N3O3.C2H6/c1-4-10(12-3)14-9(7-15)8(6-13-14)11(16)17-5-2;1-2/h4,6,15H,1,5,7H2,2-3H3;1-2H3. The van der Waals surface area contributed by atoms with Gasteiger partial charge in [0.25, 0.3) is 0 Å². The summed E-state index contributed by atoms with van der Waals surface area (Å²) < 4.78 is 6.22. The molecule has 0 saturated carbocycles. The first-order chi connectivity index (χ1) is 9.19. The molecule has 0 unspecified atom stereocenters. The van der Waals surface area contributed by atoms with Gasteiger partial charge in [0, 0.05) is 7.05 Å². The van der Waals surface area contributed by atoms with E-state index in [1.54, 1.807) is 14.0 Å². The molecule has 0 saturated heterocycles. The van der Waals surface area contributed by atoms with E-state index in [1.807, 2.05) is 13.8 Å². The zero-order chi connectivity index (χ0) is 14.8. The predicted octanol–water partition coefficient (Wildman–Crippen LogP) is 1.64. The van der Waals surface area contributed by atoms with Crippen molar-refractivity contribution in [3.63, 3.8) is 0 Å². The highest BCUT2D eigenvalue weighted by Crippen LogP contribution is 2.11. The number of aromatic nitrogens is 2. The van der Waals surface area contributed by atoms with Gasteiger partial charge in [-0.3, -0.25) is 4.99 Å². The molecule has 106 valence electrons. The third kappa shape index (κ3) is 4.03. The van der Waals surface area contributed by atoms with Crippen molar-refractivity contribution < 1.29 is 14.6 Å². The Balaban J connectivity index is 0.00000154. The fourth-order valence-electron chi connectivity index (χ4n) is 1.38. The highest BCUT2D eigenvalue weighted by atomic mass is 16.5.